The third-order valence-electron chi connectivity index (χ3n) is 4.22. The molecular formula is C23H20BrClN2O4S. The largest absolute Gasteiger partial charge is 0.492 e. The topological polar surface area (TPSA) is 84.5 Å². The zero-order chi connectivity index (χ0) is 23.1. The van der Waals surface area contributed by atoms with E-state index < -0.39 is 10.0 Å². The van der Waals surface area contributed by atoms with E-state index in [4.69, 9.17) is 16.3 Å². The molecule has 0 saturated carbocycles. The van der Waals surface area contributed by atoms with Crippen LogP contribution in [0.15, 0.2) is 82.2 Å². The predicted octanol–water partition coefficient (Wildman–Crippen LogP) is 5.95. The average molecular weight is 536 g/mol. The summed E-state index contributed by atoms with van der Waals surface area (Å²) in [5, 5.41) is 3.26. The number of nitrogens with one attached hydrogen (secondary N) is 2. The Morgan fingerprint density at radius 3 is 2.44 bits per heavy atom. The third-order valence-corrected chi connectivity index (χ3v) is 6.46. The van der Waals surface area contributed by atoms with Crippen molar-refractivity contribution in [3.8, 4) is 5.75 Å². The van der Waals surface area contributed by atoms with E-state index in [1.165, 1.54) is 12.1 Å². The van der Waals surface area contributed by atoms with Crippen molar-refractivity contribution in [3.05, 3.63) is 87.9 Å². The van der Waals surface area contributed by atoms with E-state index >= 15 is 0 Å². The zero-order valence-corrected chi connectivity index (χ0v) is 20.2. The molecule has 0 spiro atoms. The molecule has 0 unspecified atom stereocenters. The lowest BCUT2D eigenvalue weighted by Gasteiger charge is -2.13. The van der Waals surface area contributed by atoms with E-state index in [1.807, 2.05) is 12.1 Å². The summed E-state index contributed by atoms with van der Waals surface area (Å²) in [4.78, 5) is 12.2. The second-order valence-corrected chi connectivity index (χ2v) is 9.52. The number of rotatable bonds is 8. The Bertz CT molecular complexity index is 1250. The Hall–Kier alpha value is -2.81. The van der Waals surface area contributed by atoms with Crippen molar-refractivity contribution in [1.82, 2.24) is 0 Å². The van der Waals surface area contributed by atoms with Crippen molar-refractivity contribution in [2.24, 2.45) is 0 Å². The highest BCUT2D eigenvalue weighted by Crippen LogP contribution is 2.29. The van der Waals surface area contributed by atoms with Crippen LogP contribution in [-0.4, -0.2) is 20.9 Å². The van der Waals surface area contributed by atoms with Gasteiger partial charge in [-0.3, -0.25) is 9.52 Å². The van der Waals surface area contributed by atoms with Crippen molar-refractivity contribution >= 4 is 60.9 Å². The van der Waals surface area contributed by atoms with Crippen LogP contribution < -0.4 is 14.8 Å². The van der Waals surface area contributed by atoms with Gasteiger partial charge in [0.25, 0.3) is 10.0 Å². The Morgan fingerprint density at radius 2 is 1.75 bits per heavy atom. The van der Waals surface area contributed by atoms with Crippen LogP contribution in [0.4, 0.5) is 11.4 Å². The molecule has 2 N–H and O–H groups in total. The average Bonchev–Trinajstić information content (AvgIpc) is 2.76. The normalized spacial score (nSPS) is 11.3. The lowest BCUT2D eigenvalue weighted by molar-refractivity contribution is -0.111. The summed E-state index contributed by atoms with van der Waals surface area (Å²) < 4.78 is 34.3. The van der Waals surface area contributed by atoms with Gasteiger partial charge < -0.3 is 10.1 Å². The minimum absolute atomic E-state index is 0.0239. The summed E-state index contributed by atoms with van der Waals surface area (Å²) >= 11 is 9.36. The van der Waals surface area contributed by atoms with Crippen molar-refractivity contribution in [2.45, 2.75) is 11.8 Å². The Morgan fingerprint density at radius 1 is 1.06 bits per heavy atom. The van der Waals surface area contributed by atoms with E-state index in [1.54, 1.807) is 61.5 Å². The molecule has 9 heteroatoms. The SMILES string of the molecule is CCOc1ccc(Br)cc1S(=O)(=O)Nc1ccc(NC(=O)/C=C/c2ccccc2Cl)cc1. The van der Waals surface area contributed by atoms with Gasteiger partial charge in [-0.05, 0) is 67.1 Å². The molecule has 0 heterocycles. The number of halogens is 2. The number of hydrogen-bond donors (Lipinski definition) is 2. The first-order valence-corrected chi connectivity index (χ1v) is 12.2. The molecule has 0 bridgehead atoms. The van der Waals surface area contributed by atoms with Gasteiger partial charge in [-0.25, -0.2) is 8.42 Å². The highest BCUT2D eigenvalue weighted by molar-refractivity contribution is 9.10. The molecule has 6 nitrogen and oxygen atoms in total. The number of sulfonamides is 1. The third kappa shape index (κ3) is 6.35. The fourth-order valence-corrected chi connectivity index (χ4v) is 4.70. The van der Waals surface area contributed by atoms with Gasteiger partial charge in [0.05, 0.1) is 6.61 Å². The number of amides is 1. The summed E-state index contributed by atoms with van der Waals surface area (Å²) in [6, 6.07) is 18.3. The lowest BCUT2D eigenvalue weighted by atomic mass is 10.2. The molecule has 3 aromatic carbocycles. The summed E-state index contributed by atoms with van der Waals surface area (Å²) in [5.74, 6) is -0.0777. The van der Waals surface area contributed by atoms with Gasteiger partial charge in [-0.1, -0.05) is 45.7 Å². The van der Waals surface area contributed by atoms with Crippen molar-refractivity contribution in [1.29, 1.82) is 0 Å². The number of benzene rings is 3. The van der Waals surface area contributed by atoms with Gasteiger partial charge in [0.2, 0.25) is 5.91 Å². The minimum Gasteiger partial charge on any atom is -0.492 e. The second kappa shape index (κ2) is 10.7. The van der Waals surface area contributed by atoms with Crippen LogP contribution in [0.1, 0.15) is 12.5 Å². The fraction of sp³-hybridized carbons (Fsp3) is 0.0870. The van der Waals surface area contributed by atoms with E-state index in [9.17, 15) is 13.2 Å². The number of anilines is 2. The van der Waals surface area contributed by atoms with E-state index in [-0.39, 0.29) is 16.6 Å². The van der Waals surface area contributed by atoms with E-state index in [2.05, 4.69) is 26.0 Å². The van der Waals surface area contributed by atoms with Gasteiger partial charge in [0, 0.05) is 26.9 Å². The summed E-state index contributed by atoms with van der Waals surface area (Å²) in [5.41, 5.74) is 1.59. The molecule has 0 atom stereocenters. The van der Waals surface area contributed by atoms with Crippen LogP contribution in [0.5, 0.6) is 5.75 Å². The maximum absolute atomic E-state index is 12.9. The molecule has 0 fully saturated rings. The molecule has 0 radical (unpaired) electrons. The minimum atomic E-state index is -3.88. The highest BCUT2D eigenvalue weighted by atomic mass is 79.9. The predicted molar refractivity (Wildman–Crippen MR) is 132 cm³/mol. The fourth-order valence-electron chi connectivity index (χ4n) is 2.76. The van der Waals surface area contributed by atoms with Gasteiger partial charge in [-0.2, -0.15) is 0 Å². The standard InChI is InChI=1S/C23H20BrClN2O4S/c1-2-31-21-13-8-17(24)15-22(21)32(29,30)27-19-11-9-18(10-12-19)26-23(28)14-7-16-5-3-4-6-20(16)25/h3-15,27H,2H2,1H3,(H,26,28)/b14-7+. The molecule has 3 rings (SSSR count). The molecule has 1 amide bonds. The Kier molecular flexibility index (Phi) is 7.95. The first-order valence-electron chi connectivity index (χ1n) is 9.57. The molecule has 0 aromatic heterocycles. The Labute approximate surface area is 200 Å². The van der Waals surface area contributed by atoms with Crippen LogP contribution in [-0.2, 0) is 14.8 Å². The van der Waals surface area contributed by atoms with E-state index in [0.29, 0.717) is 27.5 Å². The van der Waals surface area contributed by atoms with Gasteiger partial charge in [0.15, 0.2) is 0 Å². The second-order valence-electron chi connectivity index (χ2n) is 6.55. The highest BCUT2D eigenvalue weighted by Gasteiger charge is 2.20. The number of hydrogen-bond acceptors (Lipinski definition) is 4. The molecule has 3 aromatic rings. The summed E-state index contributed by atoms with van der Waals surface area (Å²) in [7, 11) is -3.88. The molecular weight excluding hydrogens is 516 g/mol. The first kappa shape index (κ1) is 23.8. The van der Waals surface area contributed by atoms with Crippen LogP contribution in [0, 0.1) is 0 Å². The number of ether oxygens (including phenoxy) is 1. The van der Waals surface area contributed by atoms with Crippen LogP contribution in [0.2, 0.25) is 5.02 Å². The molecule has 0 saturated heterocycles. The van der Waals surface area contributed by atoms with Gasteiger partial charge in [-0.15, -0.1) is 0 Å². The molecule has 0 aliphatic carbocycles. The van der Waals surface area contributed by atoms with Crippen LogP contribution in [0.25, 0.3) is 6.08 Å². The van der Waals surface area contributed by atoms with E-state index in [0.717, 1.165) is 5.56 Å². The van der Waals surface area contributed by atoms with Crippen LogP contribution >= 0.6 is 27.5 Å². The first-order chi connectivity index (χ1) is 15.3. The molecule has 32 heavy (non-hydrogen) atoms. The number of carbonyl (C=O) groups excluding carboxylic acids is 1. The smallest absolute Gasteiger partial charge is 0.265 e. The molecule has 0 aliphatic heterocycles. The molecule has 166 valence electrons. The quantitative estimate of drug-likeness (QED) is 0.349. The van der Waals surface area contributed by atoms with Gasteiger partial charge in [0.1, 0.15) is 10.6 Å². The van der Waals surface area contributed by atoms with Crippen molar-refractivity contribution < 1.29 is 17.9 Å². The summed E-state index contributed by atoms with van der Waals surface area (Å²) in [6.45, 7) is 2.12. The lowest BCUT2D eigenvalue weighted by Crippen LogP contribution is -2.15. The van der Waals surface area contributed by atoms with Crippen molar-refractivity contribution in [3.63, 3.8) is 0 Å². The monoisotopic (exact) mass is 534 g/mol. The number of carbonyl (C=O) groups is 1. The Balaban J connectivity index is 1.69. The maximum Gasteiger partial charge on any atom is 0.265 e. The molecule has 0 aliphatic rings. The zero-order valence-electron chi connectivity index (χ0n) is 17.0. The summed E-state index contributed by atoms with van der Waals surface area (Å²) in [6.07, 6.45) is 2.99. The maximum atomic E-state index is 12.9. The van der Waals surface area contributed by atoms with Crippen molar-refractivity contribution in [2.75, 3.05) is 16.6 Å². The van der Waals surface area contributed by atoms with Gasteiger partial charge >= 0.3 is 0 Å². The van der Waals surface area contributed by atoms with Crippen LogP contribution in [0.3, 0.4) is 0 Å².